The molecule has 0 aliphatic carbocycles. The van der Waals surface area contributed by atoms with Crippen LogP contribution in [0.1, 0.15) is 12.8 Å². The smallest absolute Gasteiger partial charge is 0.244 e. The van der Waals surface area contributed by atoms with Crippen molar-refractivity contribution in [1.82, 2.24) is 19.7 Å². The molecule has 0 bridgehead atoms. The first-order valence-corrected chi connectivity index (χ1v) is 5.13. The first kappa shape index (κ1) is 10.1. The van der Waals surface area contributed by atoms with Crippen molar-refractivity contribution in [2.75, 3.05) is 13.1 Å². The summed E-state index contributed by atoms with van der Waals surface area (Å²) < 4.78 is 1.54. The van der Waals surface area contributed by atoms with Crippen LogP contribution in [0, 0.1) is 0 Å². The van der Waals surface area contributed by atoms with Gasteiger partial charge >= 0.3 is 0 Å². The van der Waals surface area contributed by atoms with Crippen LogP contribution >= 0.6 is 0 Å². The van der Waals surface area contributed by atoms with Crippen LogP contribution in [0.25, 0.3) is 0 Å². The molecule has 1 atom stereocenters. The molecule has 1 fully saturated rings. The summed E-state index contributed by atoms with van der Waals surface area (Å²) >= 11 is 0. The van der Waals surface area contributed by atoms with Crippen molar-refractivity contribution in [1.29, 1.82) is 0 Å². The molecule has 1 unspecified atom stereocenters. The standard InChI is InChI=1S/C9H15N5O/c10-4-8-2-1-3-14(8)9(15)5-13-7-11-6-12-13/h6-8H,1-5,10H2. The fourth-order valence-electron chi connectivity index (χ4n) is 1.95. The highest BCUT2D eigenvalue weighted by Gasteiger charge is 2.27. The number of nitrogens with two attached hydrogens (primary N) is 1. The van der Waals surface area contributed by atoms with Gasteiger partial charge in [0.05, 0.1) is 0 Å². The maximum absolute atomic E-state index is 11.9. The quantitative estimate of drug-likeness (QED) is 0.709. The number of aromatic nitrogens is 3. The summed E-state index contributed by atoms with van der Waals surface area (Å²) in [5.41, 5.74) is 5.61. The van der Waals surface area contributed by atoms with E-state index in [-0.39, 0.29) is 18.5 Å². The summed E-state index contributed by atoms with van der Waals surface area (Å²) in [5.74, 6) is 0.0773. The van der Waals surface area contributed by atoms with Crippen LogP contribution in [-0.2, 0) is 11.3 Å². The van der Waals surface area contributed by atoms with Gasteiger partial charge in [0.2, 0.25) is 5.91 Å². The van der Waals surface area contributed by atoms with E-state index in [1.54, 1.807) is 6.33 Å². The largest absolute Gasteiger partial charge is 0.337 e. The minimum absolute atomic E-state index is 0.0773. The molecule has 0 radical (unpaired) electrons. The molecule has 0 aromatic carbocycles. The van der Waals surface area contributed by atoms with Gasteiger partial charge in [-0.3, -0.25) is 4.79 Å². The lowest BCUT2D eigenvalue weighted by Gasteiger charge is -2.23. The van der Waals surface area contributed by atoms with Crippen LogP contribution < -0.4 is 5.73 Å². The van der Waals surface area contributed by atoms with E-state index in [0.717, 1.165) is 19.4 Å². The summed E-state index contributed by atoms with van der Waals surface area (Å²) in [5, 5.41) is 3.91. The molecular formula is C9H15N5O. The van der Waals surface area contributed by atoms with Gasteiger partial charge in [-0.05, 0) is 12.8 Å². The molecule has 6 nitrogen and oxygen atoms in total. The zero-order chi connectivity index (χ0) is 10.7. The SMILES string of the molecule is NCC1CCCN1C(=O)Cn1cncn1. The van der Waals surface area contributed by atoms with E-state index in [9.17, 15) is 4.79 Å². The van der Waals surface area contributed by atoms with Gasteiger partial charge in [0.1, 0.15) is 19.2 Å². The Hall–Kier alpha value is -1.43. The second-order valence-corrected chi connectivity index (χ2v) is 3.71. The van der Waals surface area contributed by atoms with Gasteiger partial charge in [0, 0.05) is 19.1 Å². The second kappa shape index (κ2) is 4.39. The van der Waals surface area contributed by atoms with Crippen molar-refractivity contribution in [2.24, 2.45) is 5.73 Å². The van der Waals surface area contributed by atoms with E-state index < -0.39 is 0 Å². The van der Waals surface area contributed by atoms with Gasteiger partial charge in [-0.1, -0.05) is 0 Å². The molecule has 2 rings (SSSR count). The highest BCUT2D eigenvalue weighted by Crippen LogP contribution is 2.16. The summed E-state index contributed by atoms with van der Waals surface area (Å²) in [7, 11) is 0. The third-order valence-corrected chi connectivity index (χ3v) is 2.73. The molecule has 1 aromatic heterocycles. The summed E-state index contributed by atoms with van der Waals surface area (Å²) in [6.07, 6.45) is 5.04. The molecule has 2 heterocycles. The molecule has 1 aliphatic rings. The Morgan fingerprint density at radius 3 is 3.13 bits per heavy atom. The van der Waals surface area contributed by atoms with Gasteiger partial charge in [-0.2, -0.15) is 5.10 Å². The van der Waals surface area contributed by atoms with Crippen molar-refractivity contribution in [3.8, 4) is 0 Å². The molecule has 82 valence electrons. The van der Waals surface area contributed by atoms with Crippen molar-refractivity contribution >= 4 is 5.91 Å². The third-order valence-electron chi connectivity index (χ3n) is 2.73. The first-order chi connectivity index (χ1) is 7.31. The molecule has 0 saturated carbocycles. The maximum atomic E-state index is 11.9. The van der Waals surface area contributed by atoms with Crippen molar-refractivity contribution < 1.29 is 4.79 Å². The molecular weight excluding hydrogens is 194 g/mol. The predicted molar refractivity (Wildman–Crippen MR) is 53.8 cm³/mol. The molecule has 0 spiro atoms. The summed E-state index contributed by atoms with van der Waals surface area (Å²) in [6, 6.07) is 0.209. The number of carbonyl (C=O) groups excluding carboxylic acids is 1. The highest BCUT2D eigenvalue weighted by atomic mass is 16.2. The van der Waals surface area contributed by atoms with Crippen LogP contribution in [0.15, 0.2) is 12.7 Å². The third kappa shape index (κ3) is 2.15. The number of hydrogen-bond donors (Lipinski definition) is 1. The number of hydrogen-bond acceptors (Lipinski definition) is 4. The van der Waals surface area contributed by atoms with E-state index >= 15 is 0 Å². The predicted octanol–water partition coefficient (Wildman–Crippen LogP) is -0.772. The molecule has 1 saturated heterocycles. The summed E-state index contributed by atoms with van der Waals surface area (Å²) in [4.78, 5) is 17.5. The Morgan fingerprint density at radius 2 is 2.47 bits per heavy atom. The number of likely N-dealkylation sites (tertiary alicyclic amines) is 1. The van der Waals surface area contributed by atoms with Crippen molar-refractivity contribution in [3.63, 3.8) is 0 Å². The lowest BCUT2D eigenvalue weighted by molar-refractivity contribution is -0.132. The van der Waals surface area contributed by atoms with E-state index in [0.29, 0.717) is 6.54 Å². The van der Waals surface area contributed by atoms with Crippen LogP contribution in [0.5, 0.6) is 0 Å². The lowest BCUT2D eigenvalue weighted by atomic mass is 10.2. The van der Waals surface area contributed by atoms with E-state index in [1.165, 1.54) is 11.0 Å². The molecule has 6 heteroatoms. The fourth-order valence-corrected chi connectivity index (χ4v) is 1.95. The van der Waals surface area contributed by atoms with Gasteiger partial charge < -0.3 is 10.6 Å². The number of nitrogens with zero attached hydrogens (tertiary/aromatic N) is 4. The number of amides is 1. The summed E-state index contributed by atoms with van der Waals surface area (Å²) in [6.45, 7) is 1.62. The number of carbonyl (C=O) groups is 1. The normalized spacial score (nSPS) is 20.9. The second-order valence-electron chi connectivity index (χ2n) is 3.71. The lowest BCUT2D eigenvalue weighted by Crippen LogP contribution is -2.41. The Labute approximate surface area is 88.1 Å². The molecule has 15 heavy (non-hydrogen) atoms. The first-order valence-electron chi connectivity index (χ1n) is 5.13. The molecule has 1 aliphatic heterocycles. The van der Waals surface area contributed by atoms with Crippen molar-refractivity contribution in [3.05, 3.63) is 12.7 Å². The van der Waals surface area contributed by atoms with Crippen LogP contribution in [-0.4, -0.2) is 44.7 Å². The maximum Gasteiger partial charge on any atom is 0.244 e. The zero-order valence-electron chi connectivity index (χ0n) is 8.54. The minimum atomic E-state index is 0.0773. The van der Waals surface area contributed by atoms with Crippen molar-refractivity contribution in [2.45, 2.75) is 25.4 Å². The number of rotatable bonds is 3. The average molecular weight is 209 g/mol. The molecule has 2 N–H and O–H groups in total. The molecule has 1 aromatic rings. The Kier molecular flexibility index (Phi) is 2.96. The topological polar surface area (TPSA) is 77.0 Å². The van der Waals surface area contributed by atoms with Gasteiger partial charge in [0.15, 0.2) is 0 Å². The monoisotopic (exact) mass is 209 g/mol. The van der Waals surface area contributed by atoms with Gasteiger partial charge in [-0.25, -0.2) is 9.67 Å². The van der Waals surface area contributed by atoms with Gasteiger partial charge in [-0.15, -0.1) is 0 Å². The average Bonchev–Trinajstić information content (AvgIpc) is 2.86. The Bertz CT molecular complexity index is 323. The van der Waals surface area contributed by atoms with Crippen LogP contribution in [0.4, 0.5) is 0 Å². The minimum Gasteiger partial charge on any atom is -0.337 e. The highest BCUT2D eigenvalue weighted by molar-refractivity contribution is 5.76. The Morgan fingerprint density at radius 1 is 1.60 bits per heavy atom. The van der Waals surface area contributed by atoms with E-state index in [4.69, 9.17) is 5.73 Å². The van der Waals surface area contributed by atoms with Crippen LogP contribution in [0.2, 0.25) is 0 Å². The molecule has 1 amide bonds. The van der Waals surface area contributed by atoms with E-state index in [1.807, 2.05) is 4.90 Å². The van der Waals surface area contributed by atoms with Gasteiger partial charge in [0.25, 0.3) is 0 Å². The fraction of sp³-hybridized carbons (Fsp3) is 0.667. The zero-order valence-corrected chi connectivity index (χ0v) is 8.54. The van der Waals surface area contributed by atoms with E-state index in [2.05, 4.69) is 10.1 Å². The van der Waals surface area contributed by atoms with Crippen LogP contribution in [0.3, 0.4) is 0 Å². The Balaban J connectivity index is 1.96.